The van der Waals surface area contributed by atoms with E-state index in [1.54, 1.807) is 7.11 Å². The predicted octanol–water partition coefficient (Wildman–Crippen LogP) is -0.269. The summed E-state index contributed by atoms with van der Waals surface area (Å²) in [6.07, 6.45) is 1.11. The number of sulfone groups is 1. The molecule has 0 radical (unpaired) electrons. The van der Waals surface area contributed by atoms with Crippen molar-refractivity contribution in [2.45, 2.75) is 19.4 Å². The van der Waals surface area contributed by atoms with E-state index in [1.165, 1.54) is 0 Å². The first-order valence-corrected chi connectivity index (χ1v) is 8.05. The first kappa shape index (κ1) is 14.9. The van der Waals surface area contributed by atoms with Gasteiger partial charge in [0.1, 0.15) is 0 Å². The molecule has 0 aromatic rings. The second-order valence-corrected chi connectivity index (χ2v) is 6.80. The number of rotatable bonds is 7. The van der Waals surface area contributed by atoms with Gasteiger partial charge in [0.2, 0.25) is 0 Å². The Hall–Kier alpha value is -0.170. The second-order valence-electron chi connectivity index (χ2n) is 4.50. The average Bonchev–Trinajstić information content (AvgIpc) is 2.28. The summed E-state index contributed by atoms with van der Waals surface area (Å²) in [5.41, 5.74) is 0. The summed E-state index contributed by atoms with van der Waals surface area (Å²) in [6, 6.07) is 0.280. The molecule has 17 heavy (non-hydrogen) atoms. The van der Waals surface area contributed by atoms with Crippen LogP contribution in [0.3, 0.4) is 0 Å². The minimum atomic E-state index is -2.79. The van der Waals surface area contributed by atoms with E-state index in [-0.39, 0.29) is 17.5 Å². The molecule has 1 aliphatic rings. The van der Waals surface area contributed by atoms with Gasteiger partial charge >= 0.3 is 0 Å². The normalized spacial score (nSPS) is 22.5. The maximum Gasteiger partial charge on any atom is 0.152 e. The van der Waals surface area contributed by atoms with Crippen molar-refractivity contribution < 1.29 is 13.2 Å². The minimum absolute atomic E-state index is 0.279. The van der Waals surface area contributed by atoms with Gasteiger partial charge in [0, 0.05) is 32.8 Å². The standard InChI is InChI=1S/C11H24N2O3S/c1-3-4-12-9-11(10-16-2)13-5-7-17(14,15)8-6-13/h11-12H,3-10H2,1-2H3. The van der Waals surface area contributed by atoms with Crippen LogP contribution in [0.2, 0.25) is 0 Å². The number of ether oxygens (including phenoxy) is 1. The Kier molecular flexibility index (Phi) is 6.40. The van der Waals surface area contributed by atoms with Crippen molar-refractivity contribution in [2.24, 2.45) is 0 Å². The van der Waals surface area contributed by atoms with E-state index in [1.807, 2.05) is 0 Å². The van der Waals surface area contributed by atoms with Crippen LogP contribution in [0.25, 0.3) is 0 Å². The van der Waals surface area contributed by atoms with E-state index >= 15 is 0 Å². The van der Waals surface area contributed by atoms with Gasteiger partial charge in [-0.2, -0.15) is 0 Å². The monoisotopic (exact) mass is 264 g/mol. The van der Waals surface area contributed by atoms with Crippen LogP contribution in [0.15, 0.2) is 0 Å². The van der Waals surface area contributed by atoms with Crippen molar-refractivity contribution in [1.82, 2.24) is 10.2 Å². The van der Waals surface area contributed by atoms with Crippen LogP contribution < -0.4 is 5.32 Å². The van der Waals surface area contributed by atoms with E-state index in [0.717, 1.165) is 19.5 Å². The molecule has 1 N–H and O–H groups in total. The molecular formula is C11H24N2O3S. The van der Waals surface area contributed by atoms with Crippen LogP contribution in [0, 0.1) is 0 Å². The lowest BCUT2D eigenvalue weighted by molar-refractivity contribution is 0.0946. The summed E-state index contributed by atoms with van der Waals surface area (Å²) in [5.74, 6) is 0.558. The molecule has 1 atom stereocenters. The largest absolute Gasteiger partial charge is 0.383 e. The van der Waals surface area contributed by atoms with Crippen molar-refractivity contribution in [2.75, 3.05) is 51.4 Å². The van der Waals surface area contributed by atoms with Crippen LogP contribution >= 0.6 is 0 Å². The number of nitrogens with zero attached hydrogens (tertiary/aromatic N) is 1. The minimum Gasteiger partial charge on any atom is -0.383 e. The van der Waals surface area contributed by atoms with E-state index in [2.05, 4.69) is 17.1 Å². The summed E-state index contributed by atoms with van der Waals surface area (Å²) < 4.78 is 27.9. The quantitative estimate of drug-likeness (QED) is 0.642. The molecule has 1 aliphatic heterocycles. The Morgan fingerprint density at radius 2 is 2.00 bits per heavy atom. The number of hydrogen-bond donors (Lipinski definition) is 1. The van der Waals surface area contributed by atoms with Gasteiger partial charge in [0.25, 0.3) is 0 Å². The third-order valence-corrected chi connectivity index (χ3v) is 4.67. The lowest BCUT2D eigenvalue weighted by Gasteiger charge is -2.34. The second kappa shape index (κ2) is 7.31. The molecule has 1 saturated heterocycles. The lowest BCUT2D eigenvalue weighted by atomic mass is 10.2. The molecule has 1 rings (SSSR count). The molecule has 0 aliphatic carbocycles. The zero-order valence-corrected chi connectivity index (χ0v) is 11.6. The van der Waals surface area contributed by atoms with Gasteiger partial charge in [-0.15, -0.1) is 0 Å². The fourth-order valence-electron chi connectivity index (χ4n) is 2.02. The van der Waals surface area contributed by atoms with Gasteiger partial charge < -0.3 is 10.1 Å². The highest BCUT2D eigenvalue weighted by molar-refractivity contribution is 7.91. The first-order valence-electron chi connectivity index (χ1n) is 6.23. The van der Waals surface area contributed by atoms with Gasteiger partial charge in [-0.05, 0) is 13.0 Å². The molecule has 0 amide bonds. The summed E-state index contributed by atoms with van der Waals surface area (Å²) in [4.78, 5) is 2.22. The number of hydrogen-bond acceptors (Lipinski definition) is 5. The van der Waals surface area contributed by atoms with Crippen LogP contribution in [0.1, 0.15) is 13.3 Å². The summed E-state index contributed by atoms with van der Waals surface area (Å²) in [6.45, 7) is 5.89. The molecule has 0 aromatic carbocycles. The fraction of sp³-hybridized carbons (Fsp3) is 1.00. The van der Waals surface area contributed by atoms with Crippen LogP contribution in [-0.2, 0) is 14.6 Å². The molecule has 1 unspecified atom stereocenters. The van der Waals surface area contributed by atoms with Crippen molar-refractivity contribution in [3.63, 3.8) is 0 Å². The molecule has 6 heteroatoms. The summed E-state index contributed by atoms with van der Waals surface area (Å²) >= 11 is 0. The summed E-state index contributed by atoms with van der Waals surface area (Å²) in [5, 5.41) is 3.37. The van der Waals surface area contributed by atoms with Gasteiger partial charge in [-0.25, -0.2) is 8.42 Å². The first-order chi connectivity index (χ1) is 8.09. The maximum absolute atomic E-state index is 11.4. The molecule has 0 aromatic heterocycles. The van der Waals surface area contributed by atoms with Crippen molar-refractivity contribution in [3.8, 4) is 0 Å². The molecular weight excluding hydrogens is 240 g/mol. The zero-order chi connectivity index (χ0) is 12.7. The lowest BCUT2D eigenvalue weighted by Crippen LogP contribution is -2.51. The SMILES string of the molecule is CCCNCC(COC)N1CCS(=O)(=O)CC1. The fourth-order valence-corrected chi connectivity index (χ4v) is 3.25. The smallest absolute Gasteiger partial charge is 0.152 e. The van der Waals surface area contributed by atoms with Crippen molar-refractivity contribution in [1.29, 1.82) is 0 Å². The Morgan fingerprint density at radius 1 is 1.35 bits per heavy atom. The molecule has 1 heterocycles. The highest BCUT2D eigenvalue weighted by Gasteiger charge is 2.26. The van der Waals surface area contributed by atoms with E-state index in [4.69, 9.17) is 4.74 Å². The highest BCUT2D eigenvalue weighted by atomic mass is 32.2. The topological polar surface area (TPSA) is 58.6 Å². The number of methoxy groups -OCH3 is 1. The summed E-state index contributed by atoms with van der Waals surface area (Å²) in [7, 11) is -1.10. The average molecular weight is 264 g/mol. The van der Waals surface area contributed by atoms with Gasteiger partial charge in [0.15, 0.2) is 9.84 Å². The Balaban J connectivity index is 2.41. The Bertz CT molecular complexity index is 292. The Labute approximate surface area is 104 Å². The van der Waals surface area contributed by atoms with E-state index in [9.17, 15) is 8.42 Å². The predicted molar refractivity (Wildman–Crippen MR) is 69.1 cm³/mol. The maximum atomic E-state index is 11.4. The van der Waals surface area contributed by atoms with Crippen LogP contribution in [0.5, 0.6) is 0 Å². The molecule has 0 bridgehead atoms. The van der Waals surface area contributed by atoms with Crippen LogP contribution in [-0.4, -0.2) is 70.8 Å². The van der Waals surface area contributed by atoms with Crippen molar-refractivity contribution in [3.05, 3.63) is 0 Å². The third-order valence-electron chi connectivity index (χ3n) is 3.06. The molecule has 0 spiro atoms. The third kappa shape index (κ3) is 5.33. The van der Waals surface area contributed by atoms with E-state index in [0.29, 0.717) is 19.7 Å². The van der Waals surface area contributed by atoms with E-state index < -0.39 is 9.84 Å². The molecule has 5 nitrogen and oxygen atoms in total. The van der Waals surface area contributed by atoms with Gasteiger partial charge in [-0.3, -0.25) is 4.90 Å². The van der Waals surface area contributed by atoms with Gasteiger partial charge in [-0.1, -0.05) is 6.92 Å². The highest BCUT2D eigenvalue weighted by Crippen LogP contribution is 2.08. The van der Waals surface area contributed by atoms with Gasteiger partial charge in [0.05, 0.1) is 18.1 Å². The molecule has 1 fully saturated rings. The van der Waals surface area contributed by atoms with Crippen molar-refractivity contribution >= 4 is 9.84 Å². The molecule has 102 valence electrons. The number of nitrogens with one attached hydrogen (secondary N) is 1. The van der Waals surface area contributed by atoms with Crippen LogP contribution in [0.4, 0.5) is 0 Å². The Morgan fingerprint density at radius 3 is 2.53 bits per heavy atom. The zero-order valence-electron chi connectivity index (χ0n) is 10.8. The molecule has 0 saturated carbocycles.